The van der Waals surface area contributed by atoms with Gasteiger partial charge in [0.1, 0.15) is 12.1 Å². The molecule has 0 unspecified atom stereocenters. The maximum Gasteiger partial charge on any atom is 0.101 e. The molecule has 0 saturated heterocycles. The Morgan fingerprint density at radius 1 is 0.432 bits per heavy atom. The molecule has 202 valence electrons. The SMILES string of the molecule is N#Cc1ccc(C#N)c(-n2c3ccccc3c3c(-c4ccc5c(c4)c4ccccc4n5-c4ccccc4C#N)cccc32)c1. The zero-order chi connectivity index (χ0) is 29.8. The molecule has 0 aliphatic carbocycles. The van der Waals surface area contributed by atoms with Crippen molar-refractivity contribution >= 4 is 43.6 Å². The highest BCUT2D eigenvalue weighted by atomic mass is 15.0. The van der Waals surface area contributed by atoms with Crippen molar-refractivity contribution in [2.24, 2.45) is 0 Å². The van der Waals surface area contributed by atoms with Gasteiger partial charge in [0.05, 0.1) is 56.2 Å². The largest absolute Gasteiger partial charge is 0.308 e. The summed E-state index contributed by atoms with van der Waals surface area (Å²) in [6.07, 6.45) is 0. The van der Waals surface area contributed by atoms with Gasteiger partial charge >= 0.3 is 0 Å². The summed E-state index contributed by atoms with van der Waals surface area (Å²) in [6.45, 7) is 0. The summed E-state index contributed by atoms with van der Waals surface area (Å²) in [5.41, 5.74) is 9.29. The van der Waals surface area contributed by atoms with E-state index in [9.17, 15) is 15.8 Å². The number of hydrogen-bond donors (Lipinski definition) is 0. The average molecular weight is 560 g/mol. The van der Waals surface area contributed by atoms with Crippen molar-refractivity contribution in [1.29, 1.82) is 15.8 Å². The minimum absolute atomic E-state index is 0.501. The lowest BCUT2D eigenvalue weighted by Gasteiger charge is -2.11. The van der Waals surface area contributed by atoms with E-state index in [1.807, 2.05) is 54.6 Å². The van der Waals surface area contributed by atoms with Crippen LogP contribution in [0, 0.1) is 34.0 Å². The molecule has 0 fully saturated rings. The fourth-order valence-electron chi connectivity index (χ4n) is 6.56. The summed E-state index contributed by atoms with van der Waals surface area (Å²) in [5.74, 6) is 0. The van der Waals surface area contributed by atoms with E-state index >= 15 is 0 Å². The van der Waals surface area contributed by atoms with E-state index in [1.54, 1.807) is 18.2 Å². The van der Waals surface area contributed by atoms with Crippen molar-refractivity contribution in [2.75, 3.05) is 0 Å². The first-order valence-corrected chi connectivity index (χ1v) is 14.2. The van der Waals surface area contributed by atoms with Crippen molar-refractivity contribution in [1.82, 2.24) is 9.13 Å². The first kappa shape index (κ1) is 25.1. The van der Waals surface area contributed by atoms with Gasteiger partial charge in [0, 0.05) is 21.5 Å². The quantitative estimate of drug-likeness (QED) is 0.216. The maximum atomic E-state index is 10.00. The summed E-state index contributed by atoms with van der Waals surface area (Å²) in [6, 6.07) is 49.1. The monoisotopic (exact) mass is 559 g/mol. The van der Waals surface area contributed by atoms with Crippen LogP contribution in [0.5, 0.6) is 0 Å². The van der Waals surface area contributed by atoms with Gasteiger partial charge < -0.3 is 9.13 Å². The molecule has 2 heterocycles. The van der Waals surface area contributed by atoms with Crippen molar-refractivity contribution < 1.29 is 0 Å². The molecule has 8 aromatic rings. The van der Waals surface area contributed by atoms with E-state index in [4.69, 9.17) is 0 Å². The summed E-state index contributed by atoms with van der Waals surface area (Å²) in [7, 11) is 0. The van der Waals surface area contributed by atoms with Crippen LogP contribution in [-0.4, -0.2) is 9.13 Å². The second-order valence-corrected chi connectivity index (χ2v) is 10.7. The van der Waals surface area contributed by atoms with Gasteiger partial charge in [-0.15, -0.1) is 0 Å². The molecule has 0 bridgehead atoms. The van der Waals surface area contributed by atoms with Crippen LogP contribution in [0.15, 0.2) is 127 Å². The van der Waals surface area contributed by atoms with Crippen LogP contribution in [0.25, 0.3) is 66.1 Å². The second kappa shape index (κ2) is 9.74. The van der Waals surface area contributed by atoms with Crippen LogP contribution in [-0.2, 0) is 0 Å². The van der Waals surface area contributed by atoms with Crippen LogP contribution < -0.4 is 0 Å². The van der Waals surface area contributed by atoms with Gasteiger partial charge in [-0.25, -0.2) is 0 Å². The van der Waals surface area contributed by atoms with Crippen LogP contribution >= 0.6 is 0 Å². The molecule has 5 heteroatoms. The summed E-state index contributed by atoms with van der Waals surface area (Å²) in [4.78, 5) is 0. The van der Waals surface area contributed by atoms with E-state index in [1.165, 1.54) is 0 Å². The van der Waals surface area contributed by atoms with Crippen molar-refractivity contribution in [2.45, 2.75) is 0 Å². The van der Waals surface area contributed by atoms with Crippen LogP contribution in [0.4, 0.5) is 0 Å². The highest BCUT2D eigenvalue weighted by Crippen LogP contribution is 2.41. The van der Waals surface area contributed by atoms with Gasteiger partial charge in [0.2, 0.25) is 0 Å². The van der Waals surface area contributed by atoms with Crippen molar-refractivity contribution in [3.63, 3.8) is 0 Å². The third-order valence-electron chi connectivity index (χ3n) is 8.43. The predicted molar refractivity (Wildman–Crippen MR) is 175 cm³/mol. The summed E-state index contributed by atoms with van der Waals surface area (Å²) >= 11 is 0. The number of nitrogens with zero attached hydrogens (tertiary/aromatic N) is 5. The second-order valence-electron chi connectivity index (χ2n) is 10.7. The number of aromatic nitrogens is 2. The van der Waals surface area contributed by atoms with Crippen LogP contribution in [0.3, 0.4) is 0 Å². The molecule has 44 heavy (non-hydrogen) atoms. The standard InChI is InChI=1S/C39H21N5/c40-22-25-16-17-28(24-42)38(20-25)44-35-14-6-3-10-31(35)39-29(11-7-15-37(39)44)26-18-19-36-32(21-26)30-9-2-5-13-34(30)43(36)33-12-4-1-8-27(33)23-41/h1-21H. The van der Waals surface area contributed by atoms with Crippen LogP contribution in [0.1, 0.15) is 16.7 Å². The fraction of sp³-hybridized carbons (Fsp3) is 0. The molecule has 0 atom stereocenters. The Balaban J connectivity index is 1.44. The zero-order valence-corrected chi connectivity index (χ0v) is 23.4. The fourth-order valence-corrected chi connectivity index (χ4v) is 6.56. The summed E-state index contributed by atoms with van der Waals surface area (Å²) in [5, 5.41) is 33.9. The Hall–Kier alpha value is -6.61. The highest BCUT2D eigenvalue weighted by molar-refractivity contribution is 6.17. The molecule has 0 aliphatic rings. The molecule has 0 N–H and O–H groups in total. The molecule has 0 aliphatic heterocycles. The van der Waals surface area contributed by atoms with Gasteiger partial charge in [-0.05, 0) is 71.8 Å². The minimum Gasteiger partial charge on any atom is -0.308 e. The average Bonchev–Trinajstić information content (AvgIpc) is 3.60. The van der Waals surface area contributed by atoms with E-state index in [0.717, 1.165) is 60.4 Å². The lowest BCUT2D eigenvalue weighted by molar-refractivity contribution is 1.16. The van der Waals surface area contributed by atoms with E-state index < -0.39 is 0 Å². The van der Waals surface area contributed by atoms with Gasteiger partial charge in [-0.1, -0.05) is 66.7 Å². The first-order valence-electron chi connectivity index (χ1n) is 14.2. The smallest absolute Gasteiger partial charge is 0.101 e. The van der Waals surface area contributed by atoms with Crippen molar-refractivity contribution in [3.8, 4) is 40.7 Å². The number of rotatable bonds is 3. The Kier molecular flexibility index (Phi) is 5.56. The third-order valence-corrected chi connectivity index (χ3v) is 8.43. The van der Waals surface area contributed by atoms with E-state index in [2.05, 4.69) is 81.9 Å². The normalized spacial score (nSPS) is 11.1. The molecule has 0 saturated carbocycles. The summed E-state index contributed by atoms with van der Waals surface area (Å²) < 4.78 is 4.27. The van der Waals surface area contributed by atoms with Crippen molar-refractivity contribution in [3.05, 3.63) is 144 Å². The Morgan fingerprint density at radius 2 is 1.07 bits per heavy atom. The Labute approximate surface area is 252 Å². The van der Waals surface area contributed by atoms with E-state index in [-0.39, 0.29) is 0 Å². The molecule has 2 aromatic heterocycles. The number of benzene rings is 6. The van der Waals surface area contributed by atoms with Gasteiger partial charge in [-0.3, -0.25) is 0 Å². The predicted octanol–water partition coefficient (Wildman–Crippen LogP) is 9.16. The first-order chi connectivity index (χ1) is 21.7. The Bertz CT molecular complexity index is 2600. The zero-order valence-electron chi connectivity index (χ0n) is 23.4. The van der Waals surface area contributed by atoms with E-state index in [0.29, 0.717) is 22.4 Å². The molecule has 8 rings (SSSR count). The molecule has 6 aromatic carbocycles. The molecule has 0 spiro atoms. The topological polar surface area (TPSA) is 81.2 Å². The lowest BCUT2D eigenvalue weighted by Crippen LogP contribution is -1.98. The maximum absolute atomic E-state index is 10.00. The highest BCUT2D eigenvalue weighted by Gasteiger charge is 2.20. The minimum atomic E-state index is 0.501. The van der Waals surface area contributed by atoms with Crippen LogP contribution in [0.2, 0.25) is 0 Å². The number of nitriles is 3. The Morgan fingerprint density at radius 3 is 1.86 bits per heavy atom. The number of para-hydroxylation sites is 3. The molecular formula is C39H21N5. The number of fused-ring (bicyclic) bond motifs is 6. The molecular weight excluding hydrogens is 538 g/mol. The van der Waals surface area contributed by atoms with Gasteiger partial charge in [-0.2, -0.15) is 15.8 Å². The third kappa shape index (κ3) is 3.56. The van der Waals surface area contributed by atoms with Gasteiger partial charge in [0.15, 0.2) is 0 Å². The molecule has 0 amide bonds. The molecule has 0 radical (unpaired) electrons. The lowest BCUT2D eigenvalue weighted by atomic mass is 9.98. The molecule has 5 nitrogen and oxygen atoms in total. The van der Waals surface area contributed by atoms with Gasteiger partial charge in [0.25, 0.3) is 0 Å². The number of hydrogen-bond acceptors (Lipinski definition) is 3.